The first kappa shape index (κ1) is 13.8. The zero-order valence-electron chi connectivity index (χ0n) is 11.7. The lowest BCUT2D eigenvalue weighted by Gasteiger charge is -2.33. The van der Waals surface area contributed by atoms with Gasteiger partial charge in [0, 0.05) is 33.1 Å². The molecule has 0 unspecified atom stereocenters. The molecule has 7 heteroatoms. The largest absolute Gasteiger partial charge is 0.339 e. The highest BCUT2D eigenvalue weighted by atomic mass is 32.1. The third kappa shape index (κ3) is 2.97. The molecule has 0 aliphatic carbocycles. The van der Waals surface area contributed by atoms with Gasteiger partial charge in [-0.25, -0.2) is 9.78 Å². The molecular weight excluding hydrogens is 288 g/mol. The van der Waals surface area contributed by atoms with E-state index in [2.05, 4.69) is 10.3 Å². The Kier molecular flexibility index (Phi) is 3.74. The van der Waals surface area contributed by atoms with Crippen molar-refractivity contribution in [1.82, 2.24) is 14.8 Å². The molecule has 0 radical (unpaired) electrons. The molecule has 2 heterocycles. The summed E-state index contributed by atoms with van der Waals surface area (Å²) < 4.78 is 1.05. The highest BCUT2D eigenvalue weighted by Crippen LogP contribution is 2.25. The van der Waals surface area contributed by atoms with Crippen LogP contribution in [-0.4, -0.2) is 52.9 Å². The Balaban J connectivity index is 1.63. The molecule has 1 aliphatic rings. The van der Waals surface area contributed by atoms with Gasteiger partial charge in [0.05, 0.1) is 10.2 Å². The van der Waals surface area contributed by atoms with Crippen molar-refractivity contribution >= 4 is 38.6 Å². The van der Waals surface area contributed by atoms with Gasteiger partial charge in [-0.05, 0) is 12.1 Å². The number of thiazole rings is 1. The molecule has 2 aromatic rings. The van der Waals surface area contributed by atoms with Crippen LogP contribution in [0.2, 0.25) is 0 Å². The lowest BCUT2D eigenvalue weighted by atomic mass is 10.3. The number of hydrogen-bond acceptors (Lipinski definition) is 4. The number of anilines is 1. The number of fused-ring (bicyclic) bond motifs is 1. The predicted molar refractivity (Wildman–Crippen MR) is 82.5 cm³/mol. The summed E-state index contributed by atoms with van der Waals surface area (Å²) in [7, 11) is 0. The van der Waals surface area contributed by atoms with Crippen molar-refractivity contribution in [3.8, 4) is 0 Å². The van der Waals surface area contributed by atoms with Crippen LogP contribution in [0.5, 0.6) is 0 Å². The molecule has 21 heavy (non-hydrogen) atoms. The van der Waals surface area contributed by atoms with Crippen LogP contribution in [0.1, 0.15) is 6.92 Å². The summed E-state index contributed by atoms with van der Waals surface area (Å²) in [6.45, 7) is 3.83. The van der Waals surface area contributed by atoms with Crippen LogP contribution < -0.4 is 5.32 Å². The highest BCUT2D eigenvalue weighted by molar-refractivity contribution is 7.22. The minimum atomic E-state index is -0.155. The Morgan fingerprint density at radius 3 is 2.48 bits per heavy atom. The average Bonchev–Trinajstić information content (AvgIpc) is 2.89. The first-order valence-electron chi connectivity index (χ1n) is 6.80. The number of carbonyl (C=O) groups excluding carboxylic acids is 2. The second kappa shape index (κ2) is 5.69. The number of nitrogens with zero attached hydrogens (tertiary/aromatic N) is 3. The lowest BCUT2D eigenvalue weighted by Crippen LogP contribution is -2.51. The number of hydrogen-bond donors (Lipinski definition) is 1. The number of carbonyl (C=O) groups is 2. The standard InChI is InChI=1S/C14H16N4O2S/c1-10(19)17-6-8-18(9-7-17)14(20)16-13-15-11-4-2-3-5-12(11)21-13/h2-5H,6-9H2,1H3,(H,15,16,20). The molecule has 6 nitrogen and oxygen atoms in total. The normalized spacial score (nSPS) is 15.3. The third-order valence-corrected chi connectivity index (χ3v) is 4.47. The third-order valence-electron chi connectivity index (χ3n) is 3.52. The quantitative estimate of drug-likeness (QED) is 0.876. The molecule has 110 valence electrons. The van der Waals surface area contributed by atoms with Crippen molar-refractivity contribution in [1.29, 1.82) is 0 Å². The Hall–Kier alpha value is -2.15. The number of piperazine rings is 1. The topological polar surface area (TPSA) is 65.5 Å². The van der Waals surface area contributed by atoms with Gasteiger partial charge in [-0.15, -0.1) is 0 Å². The number of rotatable bonds is 1. The lowest BCUT2D eigenvalue weighted by molar-refractivity contribution is -0.130. The second-order valence-corrected chi connectivity index (χ2v) is 5.94. The van der Waals surface area contributed by atoms with Crippen LogP contribution in [0.4, 0.5) is 9.93 Å². The molecule has 1 fully saturated rings. The Labute approximate surface area is 126 Å². The van der Waals surface area contributed by atoms with Gasteiger partial charge in [0.1, 0.15) is 0 Å². The molecule has 0 atom stereocenters. The molecule has 3 rings (SSSR count). The maximum Gasteiger partial charge on any atom is 0.323 e. The molecule has 1 saturated heterocycles. The van der Waals surface area contributed by atoms with Gasteiger partial charge >= 0.3 is 6.03 Å². The number of benzene rings is 1. The molecule has 1 aromatic heterocycles. The first-order chi connectivity index (χ1) is 10.1. The average molecular weight is 304 g/mol. The van der Waals surface area contributed by atoms with Crippen molar-refractivity contribution in [2.45, 2.75) is 6.92 Å². The van der Waals surface area contributed by atoms with Crippen LogP contribution in [0.25, 0.3) is 10.2 Å². The Bertz CT molecular complexity index is 643. The number of aromatic nitrogens is 1. The van der Waals surface area contributed by atoms with E-state index in [4.69, 9.17) is 0 Å². The monoisotopic (exact) mass is 304 g/mol. The summed E-state index contributed by atoms with van der Waals surface area (Å²) in [5.41, 5.74) is 0.888. The summed E-state index contributed by atoms with van der Waals surface area (Å²) >= 11 is 1.46. The SMILES string of the molecule is CC(=O)N1CCN(C(=O)Nc2nc3ccccc3s2)CC1. The van der Waals surface area contributed by atoms with E-state index in [1.54, 1.807) is 16.7 Å². The van der Waals surface area contributed by atoms with Gasteiger partial charge in [0.15, 0.2) is 5.13 Å². The van der Waals surface area contributed by atoms with Crippen LogP contribution in [0.15, 0.2) is 24.3 Å². The van der Waals surface area contributed by atoms with Crippen LogP contribution >= 0.6 is 11.3 Å². The van der Waals surface area contributed by atoms with E-state index in [0.717, 1.165) is 10.2 Å². The summed E-state index contributed by atoms with van der Waals surface area (Å²) in [6.07, 6.45) is 0. The highest BCUT2D eigenvalue weighted by Gasteiger charge is 2.22. The van der Waals surface area contributed by atoms with Crippen molar-refractivity contribution in [3.05, 3.63) is 24.3 Å². The molecular formula is C14H16N4O2S. The summed E-state index contributed by atoms with van der Waals surface area (Å²) in [6, 6.07) is 7.63. The van der Waals surface area contributed by atoms with E-state index < -0.39 is 0 Å². The zero-order valence-corrected chi connectivity index (χ0v) is 12.5. The van der Waals surface area contributed by atoms with Crippen molar-refractivity contribution < 1.29 is 9.59 Å². The van der Waals surface area contributed by atoms with E-state index in [1.165, 1.54) is 11.3 Å². The minimum absolute atomic E-state index is 0.0567. The van der Waals surface area contributed by atoms with Gasteiger partial charge < -0.3 is 9.80 Å². The summed E-state index contributed by atoms with van der Waals surface area (Å²) in [5.74, 6) is 0.0567. The van der Waals surface area contributed by atoms with Crippen molar-refractivity contribution in [3.63, 3.8) is 0 Å². The van der Waals surface area contributed by atoms with Crippen LogP contribution in [0.3, 0.4) is 0 Å². The van der Waals surface area contributed by atoms with Gasteiger partial charge in [-0.2, -0.15) is 0 Å². The fourth-order valence-corrected chi connectivity index (χ4v) is 3.18. The van der Waals surface area contributed by atoms with Gasteiger partial charge in [0.2, 0.25) is 5.91 Å². The summed E-state index contributed by atoms with van der Waals surface area (Å²) in [4.78, 5) is 31.3. The second-order valence-electron chi connectivity index (χ2n) is 4.91. The van der Waals surface area contributed by atoms with Crippen molar-refractivity contribution in [2.24, 2.45) is 0 Å². The molecule has 0 saturated carbocycles. The van der Waals surface area contributed by atoms with E-state index in [1.807, 2.05) is 24.3 Å². The Morgan fingerprint density at radius 2 is 1.81 bits per heavy atom. The van der Waals surface area contributed by atoms with Crippen molar-refractivity contribution in [2.75, 3.05) is 31.5 Å². The van der Waals surface area contributed by atoms with E-state index in [-0.39, 0.29) is 11.9 Å². The molecule has 0 bridgehead atoms. The first-order valence-corrected chi connectivity index (χ1v) is 7.62. The van der Waals surface area contributed by atoms with Crippen LogP contribution in [0, 0.1) is 0 Å². The molecule has 0 spiro atoms. The molecule has 1 aromatic carbocycles. The zero-order chi connectivity index (χ0) is 14.8. The number of amides is 3. The molecule has 1 aliphatic heterocycles. The fraction of sp³-hybridized carbons (Fsp3) is 0.357. The number of nitrogens with one attached hydrogen (secondary N) is 1. The Morgan fingerprint density at radius 1 is 1.14 bits per heavy atom. The maximum atomic E-state index is 12.2. The van der Waals surface area contributed by atoms with Gasteiger partial charge in [0.25, 0.3) is 0 Å². The van der Waals surface area contributed by atoms with Gasteiger partial charge in [-0.3, -0.25) is 10.1 Å². The van der Waals surface area contributed by atoms with Gasteiger partial charge in [-0.1, -0.05) is 23.5 Å². The minimum Gasteiger partial charge on any atom is -0.339 e. The number of urea groups is 1. The predicted octanol–water partition coefficient (Wildman–Crippen LogP) is 1.99. The van der Waals surface area contributed by atoms with E-state index in [0.29, 0.717) is 31.3 Å². The van der Waals surface area contributed by atoms with Crippen LogP contribution in [-0.2, 0) is 4.79 Å². The smallest absolute Gasteiger partial charge is 0.323 e. The maximum absolute atomic E-state index is 12.2. The van der Waals surface area contributed by atoms with E-state index >= 15 is 0 Å². The van der Waals surface area contributed by atoms with E-state index in [9.17, 15) is 9.59 Å². The fourth-order valence-electron chi connectivity index (χ4n) is 2.32. The molecule has 1 N–H and O–H groups in total. The number of para-hydroxylation sites is 1. The summed E-state index contributed by atoms with van der Waals surface area (Å²) in [5, 5.41) is 3.44. The molecule has 3 amide bonds.